The van der Waals surface area contributed by atoms with Gasteiger partial charge in [0.2, 0.25) is 5.91 Å². The Morgan fingerprint density at radius 2 is 2.21 bits per heavy atom. The molecule has 0 saturated carbocycles. The summed E-state index contributed by atoms with van der Waals surface area (Å²) in [6.45, 7) is 0.393. The number of nitrogens with zero attached hydrogens (tertiary/aromatic N) is 1. The van der Waals surface area contributed by atoms with Crippen LogP contribution in [0.15, 0.2) is 16.6 Å². The number of hydrogen-bond donors (Lipinski definition) is 0. The molecule has 0 bridgehead atoms. The third kappa shape index (κ3) is 2.81. The van der Waals surface area contributed by atoms with Crippen LogP contribution >= 0.6 is 31.9 Å². The van der Waals surface area contributed by atoms with Crippen LogP contribution in [0.3, 0.4) is 0 Å². The molecule has 1 aliphatic heterocycles. The molecule has 1 saturated heterocycles. The van der Waals surface area contributed by atoms with Crippen LogP contribution in [0.25, 0.3) is 0 Å². The summed E-state index contributed by atoms with van der Waals surface area (Å²) in [6.07, 6.45) is 0.318. The van der Waals surface area contributed by atoms with E-state index >= 15 is 0 Å². The number of benzene rings is 1. The van der Waals surface area contributed by atoms with Crippen LogP contribution < -0.4 is 4.90 Å². The lowest BCUT2D eigenvalue weighted by Crippen LogP contribution is -2.27. The van der Waals surface area contributed by atoms with E-state index in [-0.39, 0.29) is 26.5 Å². The summed E-state index contributed by atoms with van der Waals surface area (Å²) in [7, 11) is 1.24. The van der Waals surface area contributed by atoms with Gasteiger partial charge < -0.3 is 9.64 Å². The van der Waals surface area contributed by atoms with Gasteiger partial charge in [-0.05, 0) is 28.1 Å². The average molecular weight is 395 g/mol. The van der Waals surface area contributed by atoms with Crippen molar-refractivity contribution in [2.75, 3.05) is 18.6 Å². The summed E-state index contributed by atoms with van der Waals surface area (Å²) in [5.74, 6) is -1.30. The Kier molecular flexibility index (Phi) is 4.25. The molecule has 1 fully saturated rings. The predicted molar refractivity (Wildman–Crippen MR) is 75.1 cm³/mol. The van der Waals surface area contributed by atoms with E-state index in [0.717, 1.165) is 0 Å². The van der Waals surface area contributed by atoms with Crippen molar-refractivity contribution in [1.82, 2.24) is 0 Å². The van der Waals surface area contributed by atoms with Crippen molar-refractivity contribution in [2.45, 2.75) is 11.2 Å². The molecular formula is C12H10Br2FNO3. The van der Waals surface area contributed by atoms with E-state index < -0.39 is 11.8 Å². The molecule has 19 heavy (non-hydrogen) atoms. The first kappa shape index (κ1) is 14.5. The molecule has 0 spiro atoms. The first-order valence-corrected chi connectivity index (χ1v) is 7.16. The molecule has 1 amide bonds. The Morgan fingerprint density at radius 1 is 1.53 bits per heavy atom. The molecule has 1 atom stereocenters. The van der Waals surface area contributed by atoms with Crippen LogP contribution in [0.2, 0.25) is 0 Å². The minimum atomic E-state index is -0.610. The van der Waals surface area contributed by atoms with Gasteiger partial charge in [-0.25, -0.2) is 9.18 Å². The largest absolute Gasteiger partial charge is 0.465 e. The van der Waals surface area contributed by atoms with Gasteiger partial charge in [-0.15, -0.1) is 0 Å². The van der Waals surface area contributed by atoms with Gasteiger partial charge in [-0.2, -0.15) is 0 Å². The number of hydrogen-bond acceptors (Lipinski definition) is 3. The Balaban J connectivity index is 2.52. The summed E-state index contributed by atoms with van der Waals surface area (Å²) >= 11 is 6.36. The van der Waals surface area contributed by atoms with Gasteiger partial charge in [0.15, 0.2) is 0 Å². The molecule has 7 heteroatoms. The Hall–Kier alpha value is -0.950. The van der Waals surface area contributed by atoms with Crippen LogP contribution in [0.1, 0.15) is 16.8 Å². The lowest BCUT2D eigenvalue weighted by atomic mass is 10.1. The third-order valence-corrected chi connectivity index (χ3v) is 4.03. The van der Waals surface area contributed by atoms with E-state index in [2.05, 4.69) is 36.6 Å². The first-order chi connectivity index (χ1) is 8.93. The van der Waals surface area contributed by atoms with E-state index in [1.165, 1.54) is 24.1 Å². The second kappa shape index (κ2) is 5.58. The highest BCUT2D eigenvalue weighted by Gasteiger charge is 2.32. The van der Waals surface area contributed by atoms with Gasteiger partial charge in [0.1, 0.15) is 5.82 Å². The summed E-state index contributed by atoms with van der Waals surface area (Å²) in [5.41, 5.74) is 0.394. The zero-order valence-corrected chi connectivity index (χ0v) is 13.1. The molecule has 1 heterocycles. The molecule has 1 aromatic carbocycles. The van der Waals surface area contributed by atoms with Crippen molar-refractivity contribution in [1.29, 1.82) is 0 Å². The first-order valence-electron chi connectivity index (χ1n) is 5.45. The monoisotopic (exact) mass is 393 g/mol. The number of methoxy groups -OCH3 is 1. The van der Waals surface area contributed by atoms with Gasteiger partial charge in [0.25, 0.3) is 0 Å². The average Bonchev–Trinajstić information content (AvgIpc) is 2.70. The molecular weight excluding hydrogens is 385 g/mol. The lowest BCUT2D eigenvalue weighted by molar-refractivity contribution is -0.117. The van der Waals surface area contributed by atoms with Crippen LogP contribution in [0.5, 0.6) is 0 Å². The summed E-state index contributed by atoms with van der Waals surface area (Å²) < 4.78 is 18.5. The van der Waals surface area contributed by atoms with E-state index in [1.807, 2.05) is 0 Å². The Morgan fingerprint density at radius 3 is 2.74 bits per heavy atom. The number of alkyl halides is 1. The number of anilines is 1. The molecule has 1 aliphatic rings. The van der Waals surface area contributed by atoms with Crippen molar-refractivity contribution in [2.24, 2.45) is 0 Å². The summed E-state index contributed by atoms with van der Waals surface area (Å²) in [5, 5.41) is 0. The van der Waals surface area contributed by atoms with Crippen LogP contribution in [-0.4, -0.2) is 30.4 Å². The van der Waals surface area contributed by atoms with E-state index in [4.69, 9.17) is 0 Å². The fourth-order valence-corrected chi connectivity index (χ4v) is 2.84. The maximum Gasteiger partial charge on any atom is 0.340 e. The molecule has 102 valence electrons. The Labute approximate surface area is 126 Å². The lowest BCUT2D eigenvalue weighted by Gasteiger charge is -2.19. The van der Waals surface area contributed by atoms with Gasteiger partial charge >= 0.3 is 5.97 Å². The number of esters is 1. The van der Waals surface area contributed by atoms with Gasteiger partial charge in [-0.1, -0.05) is 15.9 Å². The number of halogens is 3. The fraction of sp³-hybridized carbons (Fsp3) is 0.333. The van der Waals surface area contributed by atoms with Crippen molar-refractivity contribution < 1.29 is 18.7 Å². The highest BCUT2D eigenvalue weighted by Crippen LogP contribution is 2.32. The van der Waals surface area contributed by atoms with Gasteiger partial charge in [-0.3, -0.25) is 4.79 Å². The smallest absolute Gasteiger partial charge is 0.340 e. The second-order valence-corrected chi connectivity index (χ2v) is 6.23. The molecule has 0 aliphatic carbocycles. The number of rotatable bonds is 2. The molecule has 0 aromatic heterocycles. The highest BCUT2D eigenvalue weighted by atomic mass is 79.9. The van der Waals surface area contributed by atoms with Gasteiger partial charge in [0, 0.05) is 17.8 Å². The predicted octanol–water partition coefficient (Wildman–Crippen LogP) is 2.88. The molecule has 1 aromatic rings. The SMILES string of the molecule is COC(=O)c1cc(Br)c(F)cc1N1CC(Br)CC1=O. The topological polar surface area (TPSA) is 46.6 Å². The normalized spacial score (nSPS) is 18.8. The van der Waals surface area contributed by atoms with Crippen LogP contribution in [0, 0.1) is 5.82 Å². The van der Waals surface area contributed by atoms with Crippen molar-refractivity contribution in [3.63, 3.8) is 0 Å². The van der Waals surface area contributed by atoms with E-state index in [0.29, 0.717) is 13.0 Å². The van der Waals surface area contributed by atoms with E-state index in [1.54, 1.807) is 0 Å². The standard InChI is InChI=1S/C12H10Br2FNO3/c1-19-12(18)7-3-8(14)9(15)4-10(7)16-5-6(13)2-11(16)17/h3-4,6H,2,5H2,1H3. The maximum absolute atomic E-state index is 13.7. The van der Waals surface area contributed by atoms with Crippen molar-refractivity contribution in [3.8, 4) is 0 Å². The van der Waals surface area contributed by atoms with Crippen molar-refractivity contribution in [3.05, 3.63) is 28.0 Å². The molecule has 4 nitrogen and oxygen atoms in total. The van der Waals surface area contributed by atoms with Crippen LogP contribution in [0.4, 0.5) is 10.1 Å². The molecule has 0 radical (unpaired) electrons. The fourth-order valence-electron chi connectivity index (χ4n) is 1.93. The Bertz CT molecular complexity index is 550. The maximum atomic E-state index is 13.7. The second-order valence-electron chi connectivity index (χ2n) is 4.08. The third-order valence-electron chi connectivity index (χ3n) is 2.81. The number of ether oxygens (including phenoxy) is 1. The minimum Gasteiger partial charge on any atom is -0.465 e. The zero-order valence-electron chi connectivity index (χ0n) is 9.95. The number of carbonyl (C=O) groups excluding carboxylic acids is 2. The number of carbonyl (C=O) groups is 2. The minimum absolute atomic E-state index is 0.00259. The number of amides is 1. The zero-order chi connectivity index (χ0) is 14.2. The van der Waals surface area contributed by atoms with Gasteiger partial charge in [0.05, 0.1) is 22.8 Å². The molecule has 2 rings (SSSR count). The van der Waals surface area contributed by atoms with E-state index in [9.17, 15) is 14.0 Å². The molecule has 0 N–H and O–H groups in total. The quantitative estimate of drug-likeness (QED) is 0.572. The van der Waals surface area contributed by atoms with Crippen LogP contribution in [-0.2, 0) is 9.53 Å². The van der Waals surface area contributed by atoms with Crippen molar-refractivity contribution >= 4 is 49.4 Å². The molecule has 1 unspecified atom stereocenters. The summed E-state index contributed by atoms with van der Waals surface area (Å²) in [4.78, 5) is 25.0. The summed E-state index contributed by atoms with van der Waals surface area (Å²) in [6, 6.07) is 2.49. The highest BCUT2D eigenvalue weighted by molar-refractivity contribution is 9.10.